The van der Waals surface area contributed by atoms with E-state index in [9.17, 15) is 4.79 Å². The van der Waals surface area contributed by atoms with Crippen LogP contribution in [0.2, 0.25) is 0 Å². The zero-order valence-electron chi connectivity index (χ0n) is 17.2. The quantitative estimate of drug-likeness (QED) is 0.393. The lowest BCUT2D eigenvalue weighted by Crippen LogP contribution is -2.50. The van der Waals surface area contributed by atoms with Crippen LogP contribution >= 0.6 is 34.8 Å². The molecule has 0 aliphatic heterocycles. The van der Waals surface area contributed by atoms with Crippen molar-refractivity contribution in [3.05, 3.63) is 29.3 Å². The van der Waals surface area contributed by atoms with Gasteiger partial charge >= 0.3 is 6.09 Å². The molecule has 4 atom stereocenters. The fraction of sp³-hybridized carbons (Fsp3) is 0.667. The molecule has 0 bridgehead atoms. The maximum Gasteiger partial charge on any atom is 0.409 e. The van der Waals surface area contributed by atoms with E-state index in [2.05, 4.69) is 31.4 Å². The Kier molecular flexibility index (Phi) is 8.18. The van der Waals surface area contributed by atoms with E-state index in [1.807, 2.05) is 32.0 Å². The van der Waals surface area contributed by atoms with Gasteiger partial charge < -0.3 is 10.1 Å². The first-order chi connectivity index (χ1) is 13.0. The van der Waals surface area contributed by atoms with Crippen LogP contribution in [-0.4, -0.2) is 22.2 Å². The summed E-state index contributed by atoms with van der Waals surface area (Å²) in [5.74, 6) is 1.33. The van der Waals surface area contributed by atoms with Crippen molar-refractivity contribution in [2.45, 2.75) is 69.9 Å². The first-order valence-corrected chi connectivity index (χ1v) is 11.0. The number of alkyl carbamates (subject to hydrolysis) is 1. The third-order valence-corrected chi connectivity index (χ3v) is 6.15. The summed E-state index contributed by atoms with van der Waals surface area (Å²) in [5.41, 5.74) is 2.91. The van der Waals surface area contributed by atoms with E-state index in [1.54, 1.807) is 0 Å². The Bertz CT molecular complexity index is 676. The molecule has 2 rings (SSSR count). The van der Waals surface area contributed by atoms with Gasteiger partial charge in [-0.2, -0.15) is 0 Å². The number of carbonyl (C=O) groups excluding carboxylic acids is 1. The van der Waals surface area contributed by atoms with Crippen molar-refractivity contribution in [2.75, 3.05) is 5.32 Å². The van der Waals surface area contributed by atoms with Gasteiger partial charge in [-0.05, 0) is 56.1 Å². The average molecular weight is 450 g/mol. The highest BCUT2D eigenvalue weighted by atomic mass is 35.6. The molecule has 7 heteroatoms. The molecule has 0 radical (unpaired) electrons. The van der Waals surface area contributed by atoms with Crippen LogP contribution in [0.5, 0.6) is 0 Å². The number of hydrogen-bond acceptors (Lipinski definition) is 3. The van der Waals surface area contributed by atoms with Gasteiger partial charge in [-0.1, -0.05) is 79.7 Å². The summed E-state index contributed by atoms with van der Waals surface area (Å²) in [4.78, 5) is 12.6. The Hall–Kier alpha value is -0.840. The molecule has 1 aliphatic rings. The largest absolute Gasteiger partial charge is 0.446 e. The van der Waals surface area contributed by atoms with Gasteiger partial charge in [0.25, 0.3) is 0 Å². The highest BCUT2D eigenvalue weighted by Gasteiger charge is 2.37. The van der Waals surface area contributed by atoms with Crippen LogP contribution in [-0.2, 0) is 4.74 Å². The molecule has 1 aromatic carbocycles. The Labute approximate surface area is 183 Å². The molecule has 158 valence electrons. The third kappa shape index (κ3) is 6.60. The Morgan fingerprint density at radius 1 is 1.21 bits per heavy atom. The van der Waals surface area contributed by atoms with Crippen molar-refractivity contribution < 1.29 is 9.53 Å². The van der Waals surface area contributed by atoms with Gasteiger partial charge in [-0.25, -0.2) is 4.79 Å². The van der Waals surface area contributed by atoms with Crippen molar-refractivity contribution in [3.8, 4) is 0 Å². The van der Waals surface area contributed by atoms with Gasteiger partial charge in [0.15, 0.2) is 0 Å². The lowest BCUT2D eigenvalue weighted by molar-refractivity contribution is 0.00534. The smallest absolute Gasteiger partial charge is 0.409 e. The van der Waals surface area contributed by atoms with Gasteiger partial charge in [-0.3, -0.25) is 5.32 Å². The van der Waals surface area contributed by atoms with Crippen molar-refractivity contribution in [1.29, 1.82) is 0 Å². The van der Waals surface area contributed by atoms with E-state index >= 15 is 0 Å². The normalized spacial score (nSPS) is 24.0. The van der Waals surface area contributed by atoms with E-state index in [0.29, 0.717) is 17.8 Å². The second kappa shape index (κ2) is 9.77. The number of carbonyl (C=O) groups is 1. The third-order valence-electron chi connectivity index (χ3n) is 5.49. The average Bonchev–Trinajstić information content (AvgIpc) is 2.55. The number of ether oxygens (including phenoxy) is 1. The molecular weight excluding hydrogens is 419 g/mol. The van der Waals surface area contributed by atoms with Crippen LogP contribution in [0.3, 0.4) is 0 Å². The molecule has 1 aromatic rings. The summed E-state index contributed by atoms with van der Waals surface area (Å²) >= 11 is 18.4. The second-order valence-electron chi connectivity index (χ2n) is 8.35. The summed E-state index contributed by atoms with van der Waals surface area (Å²) in [7, 11) is 0. The molecule has 1 amide bonds. The second-order valence-corrected chi connectivity index (χ2v) is 10.7. The first-order valence-electron chi connectivity index (χ1n) is 9.85. The fourth-order valence-electron chi connectivity index (χ4n) is 3.87. The lowest BCUT2D eigenvalue weighted by Gasteiger charge is -2.37. The maximum atomic E-state index is 12.6. The molecule has 1 aliphatic carbocycles. The highest BCUT2D eigenvalue weighted by Crippen LogP contribution is 2.36. The van der Waals surface area contributed by atoms with Gasteiger partial charge in [-0.15, -0.1) is 0 Å². The minimum absolute atomic E-state index is 0.124. The summed E-state index contributed by atoms with van der Waals surface area (Å²) in [6.07, 6.45) is 1.46. The zero-order valence-corrected chi connectivity index (χ0v) is 19.5. The van der Waals surface area contributed by atoms with Crippen LogP contribution in [0.4, 0.5) is 10.5 Å². The van der Waals surface area contributed by atoms with Crippen molar-refractivity contribution in [2.24, 2.45) is 17.8 Å². The molecule has 1 saturated carbocycles. The van der Waals surface area contributed by atoms with Gasteiger partial charge in [0.1, 0.15) is 12.3 Å². The molecule has 4 nitrogen and oxygen atoms in total. The number of nitrogens with one attached hydrogen (secondary N) is 2. The summed E-state index contributed by atoms with van der Waals surface area (Å²) in [6, 6.07) is 5.88. The van der Waals surface area contributed by atoms with E-state index < -0.39 is 16.1 Å². The van der Waals surface area contributed by atoms with Crippen LogP contribution in [0.1, 0.15) is 51.2 Å². The molecule has 1 fully saturated rings. The van der Waals surface area contributed by atoms with Crippen LogP contribution in [0, 0.1) is 31.6 Å². The van der Waals surface area contributed by atoms with Gasteiger partial charge in [0.05, 0.1) is 0 Å². The molecule has 28 heavy (non-hydrogen) atoms. The van der Waals surface area contributed by atoms with Crippen molar-refractivity contribution in [3.63, 3.8) is 0 Å². The van der Waals surface area contributed by atoms with Crippen molar-refractivity contribution >= 4 is 46.6 Å². The molecule has 2 N–H and O–H groups in total. The predicted molar refractivity (Wildman–Crippen MR) is 118 cm³/mol. The molecule has 0 heterocycles. The lowest BCUT2D eigenvalue weighted by atomic mass is 9.75. The minimum atomic E-state index is -1.74. The SMILES string of the molecule is Cc1ccc(N[C@H](NC(=O)O[C@@H]2C[C@H](C)CC[C@H]2C(C)C)C(Cl)(Cl)Cl)c(C)c1. The predicted octanol–water partition coefficient (Wildman–Crippen LogP) is 6.60. The standard InChI is InChI=1S/C21H31Cl3N2O2/c1-12(2)16-8-6-14(4)11-18(16)28-20(27)26-19(21(22,23)24)25-17-9-7-13(3)10-15(17)5/h7,9-10,12,14,16,18-19,25H,6,8,11H2,1-5H3,(H,26,27)/t14-,16+,18-,19-/m1/s1. The highest BCUT2D eigenvalue weighted by molar-refractivity contribution is 6.68. The molecule has 0 unspecified atom stereocenters. The zero-order chi connectivity index (χ0) is 21.1. The minimum Gasteiger partial charge on any atom is -0.446 e. The number of alkyl halides is 3. The topological polar surface area (TPSA) is 50.4 Å². The molecule has 0 spiro atoms. The molecular formula is C21H31Cl3N2O2. The van der Waals surface area contributed by atoms with E-state index in [1.165, 1.54) is 0 Å². The maximum absolute atomic E-state index is 12.6. The number of amides is 1. The first kappa shape index (κ1) is 23.4. The summed E-state index contributed by atoms with van der Waals surface area (Å²) in [5, 5.41) is 5.82. The van der Waals surface area contributed by atoms with E-state index in [4.69, 9.17) is 39.5 Å². The molecule has 0 saturated heterocycles. The Morgan fingerprint density at radius 2 is 1.89 bits per heavy atom. The van der Waals surface area contributed by atoms with Gasteiger partial charge in [0, 0.05) is 5.69 Å². The van der Waals surface area contributed by atoms with Crippen LogP contribution in [0.25, 0.3) is 0 Å². The Morgan fingerprint density at radius 3 is 2.46 bits per heavy atom. The van der Waals surface area contributed by atoms with E-state index in [-0.39, 0.29) is 6.10 Å². The monoisotopic (exact) mass is 448 g/mol. The number of hydrogen-bond donors (Lipinski definition) is 2. The number of rotatable bonds is 5. The Balaban J connectivity index is 2.08. The molecule has 0 aromatic heterocycles. The number of halogens is 3. The van der Waals surface area contributed by atoms with Crippen LogP contribution in [0.15, 0.2) is 18.2 Å². The van der Waals surface area contributed by atoms with Crippen molar-refractivity contribution in [1.82, 2.24) is 5.32 Å². The number of anilines is 1. The fourth-order valence-corrected chi connectivity index (χ4v) is 4.20. The summed E-state index contributed by atoms with van der Waals surface area (Å²) < 4.78 is 4.04. The summed E-state index contributed by atoms with van der Waals surface area (Å²) in [6.45, 7) is 10.5. The van der Waals surface area contributed by atoms with E-state index in [0.717, 1.165) is 36.1 Å². The van der Waals surface area contributed by atoms with Crippen LogP contribution < -0.4 is 10.6 Å². The van der Waals surface area contributed by atoms with Gasteiger partial charge in [0.2, 0.25) is 3.79 Å². The number of benzene rings is 1. The number of aryl methyl sites for hydroxylation is 2.